The van der Waals surface area contributed by atoms with Crippen molar-refractivity contribution in [2.45, 2.75) is 5.03 Å². The predicted octanol–water partition coefficient (Wildman–Crippen LogP) is 5.14. The maximum absolute atomic E-state index is 10.6. The molecular formula is C19H14N2O2S2. The molecule has 2 heterocycles. The van der Waals surface area contributed by atoms with E-state index in [-0.39, 0.29) is 5.75 Å². The first-order chi connectivity index (χ1) is 12.2. The predicted molar refractivity (Wildman–Crippen MR) is 103 cm³/mol. The van der Waals surface area contributed by atoms with Crippen LogP contribution < -0.4 is 0 Å². The average molecular weight is 366 g/mol. The molecule has 0 aliphatic heterocycles. The molecule has 2 N–H and O–H groups in total. The first kappa shape index (κ1) is 15.9. The molecule has 0 radical (unpaired) electrons. The van der Waals surface area contributed by atoms with E-state index in [2.05, 4.69) is 52.7 Å². The van der Waals surface area contributed by atoms with Gasteiger partial charge in [-0.1, -0.05) is 48.2 Å². The molecule has 0 unspecified atom stereocenters. The Hall–Kier alpha value is -2.57. The molecule has 4 aromatic rings. The third kappa shape index (κ3) is 3.45. The second kappa shape index (κ2) is 6.74. The highest BCUT2D eigenvalue weighted by molar-refractivity contribution is 7.99. The van der Waals surface area contributed by atoms with Gasteiger partial charge in [-0.15, -0.1) is 11.3 Å². The Morgan fingerprint density at radius 2 is 1.84 bits per heavy atom. The largest absolute Gasteiger partial charge is 0.481 e. The summed E-state index contributed by atoms with van der Waals surface area (Å²) < 4.78 is 0. The van der Waals surface area contributed by atoms with Crippen molar-refractivity contribution in [2.75, 3.05) is 5.75 Å². The molecule has 0 atom stereocenters. The van der Waals surface area contributed by atoms with Gasteiger partial charge in [0.15, 0.2) is 0 Å². The van der Waals surface area contributed by atoms with Crippen LogP contribution in [0.4, 0.5) is 0 Å². The zero-order valence-electron chi connectivity index (χ0n) is 13.1. The molecule has 0 amide bonds. The third-order valence-corrected chi connectivity index (χ3v) is 5.87. The molecule has 0 spiro atoms. The minimum atomic E-state index is -0.843. The van der Waals surface area contributed by atoms with Gasteiger partial charge in [-0.2, -0.15) is 5.10 Å². The number of aromatic nitrogens is 2. The van der Waals surface area contributed by atoms with Crippen molar-refractivity contribution in [2.24, 2.45) is 0 Å². The number of hydrogen-bond donors (Lipinski definition) is 2. The summed E-state index contributed by atoms with van der Waals surface area (Å²) in [5, 5.41) is 19.1. The Kier molecular flexibility index (Phi) is 4.29. The van der Waals surface area contributed by atoms with Crippen LogP contribution in [0.25, 0.3) is 31.8 Å². The number of carboxylic acid groups (broad SMARTS) is 1. The molecule has 0 saturated carbocycles. The Bertz CT molecular complexity index is 1050. The van der Waals surface area contributed by atoms with Crippen LogP contribution in [0.3, 0.4) is 0 Å². The maximum atomic E-state index is 10.6. The van der Waals surface area contributed by atoms with Crippen molar-refractivity contribution in [3.05, 3.63) is 60.7 Å². The van der Waals surface area contributed by atoms with Gasteiger partial charge in [0.25, 0.3) is 0 Å². The highest BCUT2D eigenvalue weighted by Gasteiger charge is 2.10. The lowest BCUT2D eigenvalue weighted by Crippen LogP contribution is -1.97. The molecule has 6 heteroatoms. The molecule has 2 aromatic carbocycles. The van der Waals surface area contributed by atoms with E-state index in [1.807, 2.05) is 18.2 Å². The number of nitrogens with one attached hydrogen (secondary N) is 1. The van der Waals surface area contributed by atoms with Crippen LogP contribution in [0.2, 0.25) is 0 Å². The Morgan fingerprint density at radius 1 is 1.04 bits per heavy atom. The van der Waals surface area contributed by atoms with Crippen molar-refractivity contribution in [3.8, 4) is 21.0 Å². The van der Waals surface area contributed by atoms with Crippen LogP contribution in [0.15, 0.2) is 65.7 Å². The smallest absolute Gasteiger partial charge is 0.313 e. The number of aromatic amines is 1. The molecule has 25 heavy (non-hydrogen) atoms. The minimum absolute atomic E-state index is 0.0110. The summed E-state index contributed by atoms with van der Waals surface area (Å²) in [5.74, 6) is -0.832. The summed E-state index contributed by atoms with van der Waals surface area (Å²) in [5.41, 5.74) is 2.10. The van der Waals surface area contributed by atoms with Crippen LogP contribution in [0.5, 0.6) is 0 Å². The van der Waals surface area contributed by atoms with E-state index in [0.717, 1.165) is 10.6 Å². The zero-order valence-corrected chi connectivity index (χ0v) is 14.7. The van der Waals surface area contributed by atoms with Crippen molar-refractivity contribution < 1.29 is 9.90 Å². The van der Waals surface area contributed by atoms with E-state index in [1.54, 1.807) is 11.3 Å². The maximum Gasteiger partial charge on any atom is 0.313 e. The lowest BCUT2D eigenvalue weighted by molar-refractivity contribution is -0.133. The fraction of sp³-hybridized carbons (Fsp3) is 0.0526. The molecule has 0 aliphatic carbocycles. The first-order valence-electron chi connectivity index (χ1n) is 7.68. The summed E-state index contributed by atoms with van der Waals surface area (Å²) in [7, 11) is 0. The van der Waals surface area contributed by atoms with Crippen molar-refractivity contribution in [1.29, 1.82) is 0 Å². The monoisotopic (exact) mass is 366 g/mol. The number of thiophene rings is 1. The standard InChI is InChI=1S/C19H14N2O2S2/c22-19(23)11-24-18-10-15(20-21-18)17-8-7-16(25-17)14-6-5-12-3-1-2-4-13(12)9-14/h1-10H,11H2,(H,20,21)(H,22,23). The number of carboxylic acids is 1. The summed E-state index contributed by atoms with van der Waals surface area (Å²) >= 11 is 2.90. The molecule has 0 fully saturated rings. The number of benzene rings is 2. The second-order valence-corrected chi connectivity index (χ2v) is 7.61. The van der Waals surface area contributed by atoms with E-state index >= 15 is 0 Å². The van der Waals surface area contributed by atoms with Crippen molar-refractivity contribution in [1.82, 2.24) is 10.2 Å². The number of aliphatic carboxylic acids is 1. The van der Waals surface area contributed by atoms with E-state index in [9.17, 15) is 4.79 Å². The molecule has 0 bridgehead atoms. The molecule has 124 valence electrons. The quantitative estimate of drug-likeness (QED) is 0.480. The summed E-state index contributed by atoms with van der Waals surface area (Å²) in [4.78, 5) is 12.9. The Morgan fingerprint density at radius 3 is 2.68 bits per heavy atom. The van der Waals surface area contributed by atoms with E-state index in [4.69, 9.17) is 5.11 Å². The van der Waals surface area contributed by atoms with Crippen molar-refractivity contribution >= 4 is 39.8 Å². The number of nitrogens with zero attached hydrogens (tertiary/aromatic N) is 1. The summed E-state index contributed by atoms with van der Waals surface area (Å²) in [6, 6.07) is 20.9. The Balaban J connectivity index is 1.60. The van der Waals surface area contributed by atoms with Gasteiger partial charge in [0.05, 0.1) is 16.3 Å². The number of H-pyrrole nitrogens is 1. The normalized spacial score (nSPS) is 11.0. The van der Waals surface area contributed by atoms with Gasteiger partial charge in [0, 0.05) is 4.88 Å². The molecular weight excluding hydrogens is 352 g/mol. The fourth-order valence-corrected chi connectivity index (χ4v) is 4.17. The SMILES string of the molecule is O=C(O)CSc1cc(-c2ccc(-c3ccc4ccccc4c3)s2)[nH]n1. The molecule has 0 saturated heterocycles. The second-order valence-electron chi connectivity index (χ2n) is 5.53. The summed E-state index contributed by atoms with van der Waals surface area (Å²) in [6.45, 7) is 0. The zero-order chi connectivity index (χ0) is 17.2. The minimum Gasteiger partial charge on any atom is -0.481 e. The van der Waals surface area contributed by atoms with Crippen molar-refractivity contribution in [3.63, 3.8) is 0 Å². The van der Waals surface area contributed by atoms with Crippen LogP contribution in [-0.4, -0.2) is 27.0 Å². The van der Waals surface area contributed by atoms with Crippen LogP contribution in [-0.2, 0) is 4.79 Å². The Labute approximate surface area is 152 Å². The van der Waals surface area contributed by atoms with Gasteiger partial charge in [0.1, 0.15) is 5.03 Å². The lowest BCUT2D eigenvalue weighted by atomic mass is 10.1. The van der Waals surface area contributed by atoms with Gasteiger partial charge in [0.2, 0.25) is 0 Å². The molecule has 0 aliphatic rings. The number of rotatable bonds is 5. The van der Waals surface area contributed by atoms with Crippen LogP contribution in [0.1, 0.15) is 0 Å². The summed E-state index contributed by atoms with van der Waals surface area (Å²) in [6.07, 6.45) is 0. The van der Waals surface area contributed by atoms with Gasteiger partial charge in [-0.3, -0.25) is 9.89 Å². The first-order valence-corrected chi connectivity index (χ1v) is 9.49. The van der Waals surface area contributed by atoms with E-state index in [1.165, 1.54) is 33.0 Å². The molecule has 4 nitrogen and oxygen atoms in total. The van der Waals surface area contributed by atoms with Gasteiger partial charge in [-0.25, -0.2) is 0 Å². The van der Waals surface area contributed by atoms with E-state index in [0.29, 0.717) is 5.03 Å². The number of fused-ring (bicyclic) bond motifs is 1. The molecule has 4 rings (SSSR count). The van der Waals surface area contributed by atoms with E-state index < -0.39 is 5.97 Å². The number of hydrogen-bond acceptors (Lipinski definition) is 4. The topological polar surface area (TPSA) is 66.0 Å². The highest BCUT2D eigenvalue weighted by Crippen LogP contribution is 2.35. The van der Waals surface area contributed by atoms with Crippen LogP contribution in [0, 0.1) is 0 Å². The number of thioether (sulfide) groups is 1. The highest BCUT2D eigenvalue weighted by atomic mass is 32.2. The van der Waals surface area contributed by atoms with Gasteiger partial charge < -0.3 is 5.11 Å². The van der Waals surface area contributed by atoms with Gasteiger partial charge >= 0.3 is 5.97 Å². The van der Waals surface area contributed by atoms with Crippen LogP contribution >= 0.6 is 23.1 Å². The number of carbonyl (C=O) groups is 1. The third-order valence-electron chi connectivity index (χ3n) is 3.80. The average Bonchev–Trinajstić information content (AvgIpc) is 3.29. The van der Waals surface area contributed by atoms with Gasteiger partial charge in [-0.05, 0) is 40.6 Å². The lowest BCUT2D eigenvalue weighted by Gasteiger charge is -2.01. The molecule has 2 aromatic heterocycles. The fourth-order valence-electron chi connectivity index (χ4n) is 2.62.